The van der Waals surface area contributed by atoms with Crippen LogP contribution in [0.25, 0.3) is 21.9 Å². The molecule has 0 bridgehead atoms. The number of piperidine rings is 1. The number of esters is 2. The second-order valence-corrected chi connectivity index (χ2v) is 16.9. The van der Waals surface area contributed by atoms with Crippen LogP contribution in [0.15, 0.2) is 60.7 Å². The van der Waals surface area contributed by atoms with Crippen LogP contribution in [0.4, 0.5) is 9.59 Å². The number of carbonyl (C=O) groups excluding carboxylic acids is 6. The first-order valence-electron chi connectivity index (χ1n) is 18.9. The molecule has 1 saturated carbocycles. The smallest absolute Gasteiger partial charge is 0.411 e. The maximum absolute atomic E-state index is 13.5. The monoisotopic (exact) mass is 754 g/mol. The van der Waals surface area contributed by atoms with Crippen LogP contribution < -0.4 is 0 Å². The Morgan fingerprint density at radius 2 is 1.18 bits per heavy atom. The Balaban J connectivity index is 1.09. The van der Waals surface area contributed by atoms with Crippen molar-refractivity contribution in [2.75, 3.05) is 13.2 Å². The molecule has 0 spiro atoms. The van der Waals surface area contributed by atoms with Crippen molar-refractivity contribution in [1.29, 1.82) is 0 Å². The Morgan fingerprint density at radius 1 is 0.636 bits per heavy atom. The summed E-state index contributed by atoms with van der Waals surface area (Å²) in [6, 6.07) is 15.9. The van der Waals surface area contributed by atoms with Crippen LogP contribution in [0.3, 0.4) is 0 Å². The van der Waals surface area contributed by atoms with Gasteiger partial charge in [0.1, 0.15) is 23.3 Å². The summed E-state index contributed by atoms with van der Waals surface area (Å²) in [6.45, 7) is 13.5. The van der Waals surface area contributed by atoms with Crippen LogP contribution in [0.5, 0.6) is 0 Å². The molecule has 0 aromatic heterocycles. The molecular formula is C43H50N2O10. The molecular weight excluding hydrogens is 704 g/mol. The standard InChI is InChI=1S/C43H50N2O10/c1-24-19-34(44(25(24)2)40(50)54-42(3,4)5)38(48)52-22-36(46)27-17-15-26(16-18-27)29-11-9-13-31-30(29)12-10-14-32(31)37(47)23-53-39(49)35-21-28-20-33(28)45(35)41(51)55-43(6,7)8/h9-18,24-25,28,33-35H,19-23H2,1-8H3/t24-,25-,28-,33-,34+,35+/m1/s1. The highest BCUT2D eigenvalue weighted by atomic mass is 16.6. The van der Waals surface area contributed by atoms with Gasteiger partial charge in [-0.1, -0.05) is 67.6 Å². The predicted molar refractivity (Wildman–Crippen MR) is 203 cm³/mol. The van der Waals surface area contributed by atoms with E-state index in [1.165, 1.54) is 9.80 Å². The van der Waals surface area contributed by atoms with E-state index in [1.807, 2.05) is 38.1 Å². The molecule has 2 amide bonds. The minimum Gasteiger partial charge on any atom is -0.456 e. The molecule has 0 radical (unpaired) electrons. The normalized spacial score (nSPS) is 23.2. The summed E-state index contributed by atoms with van der Waals surface area (Å²) < 4.78 is 22.0. The third-order valence-electron chi connectivity index (χ3n) is 10.5. The van der Waals surface area contributed by atoms with Crippen molar-refractivity contribution in [3.05, 3.63) is 71.8 Å². The molecule has 6 rings (SSSR count). The van der Waals surface area contributed by atoms with Gasteiger partial charge in [-0.25, -0.2) is 19.2 Å². The summed E-state index contributed by atoms with van der Waals surface area (Å²) in [5.41, 5.74) is 0.900. The van der Waals surface area contributed by atoms with Crippen molar-refractivity contribution in [2.45, 2.75) is 110 Å². The summed E-state index contributed by atoms with van der Waals surface area (Å²) >= 11 is 0. The molecule has 1 aliphatic carbocycles. The average molecular weight is 755 g/mol. The van der Waals surface area contributed by atoms with E-state index in [4.69, 9.17) is 18.9 Å². The van der Waals surface area contributed by atoms with Gasteiger partial charge < -0.3 is 18.9 Å². The molecule has 2 aliphatic heterocycles. The maximum Gasteiger partial charge on any atom is 0.411 e. The highest BCUT2D eigenvalue weighted by Crippen LogP contribution is 2.48. The molecule has 0 unspecified atom stereocenters. The average Bonchev–Trinajstić information content (AvgIpc) is 3.66. The van der Waals surface area contributed by atoms with Crippen LogP contribution in [-0.4, -0.2) is 94.1 Å². The van der Waals surface area contributed by atoms with Crippen molar-refractivity contribution in [2.24, 2.45) is 11.8 Å². The van der Waals surface area contributed by atoms with Gasteiger partial charge in [-0.2, -0.15) is 0 Å². The first kappa shape index (κ1) is 39.4. The second-order valence-electron chi connectivity index (χ2n) is 16.9. The molecule has 12 heteroatoms. The zero-order valence-corrected chi connectivity index (χ0v) is 32.8. The van der Waals surface area contributed by atoms with Crippen LogP contribution in [0, 0.1) is 11.8 Å². The Labute approximate surface area is 321 Å². The molecule has 6 atom stereocenters. The fourth-order valence-electron chi connectivity index (χ4n) is 7.55. The second kappa shape index (κ2) is 15.1. The highest BCUT2D eigenvalue weighted by Gasteiger charge is 2.57. The molecule has 0 N–H and O–H groups in total. The van der Waals surface area contributed by atoms with Crippen LogP contribution in [0.1, 0.15) is 95.4 Å². The Morgan fingerprint density at radius 3 is 1.80 bits per heavy atom. The Hall–Kier alpha value is -5.26. The number of likely N-dealkylation sites (tertiary alicyclic amines) is 2. The number of rotatable bonds is 9. The fourth-order valence-corrected chi connectivity index (χ4v) is 7.55. The third-order valence-corrected chi connectivity index (χ3v) is 10.5. The van der Waals surface area contributed by atoms with E-state index in [1.54, 1.807) is 77.9 Å². The summed E-state index contributed by atoms with van der Waals surface area (Å²) in [7, 11) is 0. The molecule has 12 nitrogen and oxygen atoms in total. The van der Waals surface area contributed by atoms with Crippen molar-refractivity contribution < 1.29 is 47.7 Å². The largest absolute Gasteiger partial charge is 0.456 e. The summed E-state index contributed by atoms with van der Waals surface area (Å²) in [6.07, 6.45) is 0.570. The number of Topliss-reactive ketones (excluding diaryl/α,β-unsaturated/α-hetero) is 2. The number of nitrogens with zero attached hydrogens (tertiary/aromatic N) is 2. The first-order chi connectivity index (χ1) is 25.8. The van der Waals surface area contributed by atoms with E-state index < -0.39 is 66.4 Å². The number of carbonyl (C=O) groups is 6. The molecule has 3 aromatic rings. The van der Waals surface area contributed by atoms with E-state index in [2.05, 4.69) is 0 Å². The lowest BCUT2D eigenvalue weighted by atomic mass is 9.94. The number of fused-ring (bicyclic) bond motifs is 2. The van der Waals surface area contributed by atoms with E-state index in [9.17, 15) is 28.8 Å². The van der Waals surface area contributed by atoms with Gasteiger partial charge in [-0.15, -0.1) is 0 Å². The number of ether oxygens (including phenoxy) is 4. The molecule has 2 heterocycles. The Bertz CT molecular complexity index is 2010. The number of ketones is 2. The van der Waals surface area contributed by atoms with Crippen molar-refractivity contribution in [1.82, 2.24) is 9.80 Å². The summed E-state index contributed by atoms with van der Waals surface area (Å²) in [5, 5.41) is 1.45. The number of hydrogen-bond acceptors (Lipinski definition) is 10. The molecule has 3 aliphatic rings. The van der Waals surface area contributed by atoms with Gasteiger partial charge in [0.05, 0.1) is 0 Å². The van der Waals surface area contributed by atoms with Crippen molar-refractivity contribution >= 4 is 46.5 Å². The third kappa shape index (κ3) is 8.68. The Kier molecular flexibility index (Phi) is 10.8. The summed E-state index contributed by atoms with van der Waals surface area (Å²) in [5.74, 6) is -1.78. The zero-order valence-electron chi connectivity index (χ0n) is 32.8. The molecule has 292 valence electrons. The molecule has 2 saturated heterocycles. The van der Waals surface area contributed by atoms with Crippen molar-refractivity contribution in [3.8, 4) is 11.1 Å². The maximum atomic E-state index is 13.5. The van der Waals surface area contributed by atoms with Gasteiger partial charge in [0.15, 0.2) is 19.0 Å². The molecule has 55 heavy (non-hydrogen) atoms. The highest BCUT2D eigenvalue weighted by molar-refractivity contribution is 6.12. The zero-order chi connectivity index (χ0) is 40.0. The van der Waals surface area contributed by atoms with E-state index >= 15 is 0 Å². The van der Waals surface area contributed by atoms with Crippen LogP contribution in [0.2, 0.25) is 0 Å². The van der Waals surface area contributed by atoms with Gasteiger partial charge >= 0.3 is 24.1 Å². The van der Waals surface area contributed by atoms with Gasteiger partial charge in [0.25, 0.3) is 0 Å². The lowest BCUT2D eigenvalue weighted by molar-refractivity contribution is -0.148. The lowest BCUT2D eigenvalue weighted by Crippen LogP contribution is -2.47. The summed E-state index contributed by atoms with van der Waals surface area (Å²) in [4.78, 5) is 81.5. The topological polar surface area (TPSA) is 146 Å². The molecule has 3 fully saturated rings. The van der Waals surface area contributed by atoms with Gasteiger partial charge in [0, 0.05) is 23.2 Å². The van der Waals surface area contributed by atoms with Crippen molar-refractivity contribution in [3.63, 3.8) is 0 Å². The van der Waals surface area contributed by atoms with Gasteiger partial charge in [-0.05, 0) is 101 Å². The van der Waals surface area contributed by atoms with E-state index in [-0.39, 0.29) is 29.7 Å². The minimum absolute atomic E-state index is 0.0415. The van der Waals surface area contributed by atoms with Crippen LogP contribution >= 0.6 is 0 Å². The fraction of sp³-hybridized carbons (Fsp3) is 0.488. The van der Waals surface area contributed by atoms with Gasteiger partial charge in [0.2, 0.25) is 5.78 Å². The first-order valence-corrected chi connectivity index (χ1v) is 18.9. The van der Waals surface area contributed by atoms with Crippen LogP contribution in [-0.2, 0) is 28.5 Å². The number of amides is 2. The SMILES string of the molecule is C[C@@H]1C[C@@H](C(=O)OCC(=O)c2ccc(-c3cccc4c(C(=O)COC(=O)[C@@H]5C[C@H]6C[C@H]6N5C(=O)OC(C)(C)C)cccc34)cc2)N(C(=O)OC(C)(C)C)[C@@H]1C. The number of benzene rings is 3. The van der Waals surface area contributed by atoms with Gasteiger partial charge in [-0.3, -0.25) is 19.4 Å². The lowest BCUT2D eigenvalue weighted by Gasteiger charge is -2.30. The van der Waals surface area contributed by atoms with E-state index in [0.29, 0.717) is 29.4 Å². The van der Waals surface area contributed by atoms with E-state index in [0.717, 1.165) is 22.9 Å². The molecule has 3 aromatic carbocycles. The number of hydrogen-bond donors (Lipinski definition) is 0. The predicted octanol–water partition coefficient (Wildman–Crippen LogP) is 7.39. The quantitative estimate of drug-likeness (QED) is 0.123. The minimum atomic E-state index is -0.850.